The lowest BCUT2D eigenvalue weighted by Crippen LogP contribution is -2.60. The van der Waals surface area contributed by atoms with Gasteiger partial charge in [-0.15, -0.1) is 0 Å². The summed E-state index contributed by atoms with van der Waals surface area (Å²) in [5, 5.41) is 7.51. The summed E-state index contributed by atoms with van der Waals surface area (Å²) in [6, 6.07) is 2.60. The molecule has 3 nitrogen and oxygen atoms in total. The number of hydrogen-bond acceptors (Lipinski definition) is 3. The molecular weight excluding hydrogens is 246 g/mol. The van der Waals surface area contributed by atoms with Crippen molar-refractivity contribution in [3.8, 4) is 0 Å². The average molecular weight is 277 g/mol. The largest absolute Gasteiger partial charge is 0.314 e. The predicted molar refractivity (Wildman–Crippen MR) is 82.9 cm³/mol. The van der Waals surface area contributed by atoms with Gasteiger partial charge in [0.1, 0.15) is 0 Å². The van der Waals surface area contributed by atoms with E-state index >= 15 is 0 Å². The monoisotopic (exact) mass is 277 g/mol. The molecule has 4 aliphatic rings. The van der Waals surface area contributed by atoms with E-state index in [9.17, 15) is 0 Å². The van der Waals surface area contributed by atoms with Gasteiger partial charge < -0.3 is 10.6 Å². The smallest absolute Gasteiger partial charge is 0.0126 e. The van der Waals surface area contributed by atoms with Gasteiger partial charge in [0.15, 0.2) is 0 Å². The van der Waals surface area contributed by atoms with Gasteiger partial charge in [-0.2, -0.15) is 0 Å². The van der Waals surface area contributed by atoms with Crippen molar-refractivity contribution < 1.29 is 0 Å². The molecule has 1 atom stereocenters. The Hall–Kier alpha value is -0.120. The second kappa shape index (κ2) is 5.58. The van der Waals surface area contributed by atoms with E-state index < -0.39 is 0 Å². The molecule has 0 radical (unpaired) electrons. The highest BCUT2D eigenvalue weighted by atomic mass is 15.2. The van der Waals surface area contributed by atoms with Crippen molar-refractivity contribution in [3.63, 3.8) is 0 Å². The van der Waals surface area contributed by atoms with Crippen LogP contribution in [-0.4, -0.2) is 49.2 Å². The summed E-state index contributed by atoms with van der Waals surface area (Å²) in [7, 11) is 0. The van der Waals surface area contributed by atoms with Crippen LogP contribution in [0.2, 0.25) is 0 Å². The molecule has 3 heteroatoms. The van der Waals surface area contributed by atoms with Crippen LogP contribution in [0.1, 0.15) is 57.8 Å². The first kappa shape index (κ1) is 13.5. The number of rotatable bonds is 3. The minimum atomic E-state index is 0.773. The maximum absolute atomic E-state index is 4.04. The highest BCUT2D eigenvalue weighted by Gasteiger charge is 2.50. The van der Waals surface area contributed by atoms with Gasteiger partial charge in [0.25, 0.3) is 0 Å². The maximum Gasteiger partial charge on any atom is 0.0126 e. The zero-order valence-electron chi connectivity index (χ0n) is 12.9. The standard InChI is InChI=1S/C17H31N3/c1-7-17(8-1)9-6-16(17)19-14-2-4-15(5-3-14)20-12-10-18-11-13-20/h14-16,18-19H,1-13H2. The lowest BCUT2D eigenvalue weighted by atomic mass is 9.53. The summed E-state index contributed by atoms with van der Waals surface area (Å²) in [5.41, 5.74) is 0.773. The van der Waals surface area contributed by atoms with E-state index in [0.29, 0.717) is 0 Å². The number of nitrogens with one attached hydrogen (secondary N) is 2. The van der Waals surface area contributed by atoms with E-state index in [0.717, 1.165) is 23.5 Å². The molecule has 0 aromatic rings. The van der Waals surface area contributed by atoms with Crippen LogP contribution in [0.25, 0.3) is 0 Å². The molecule has 0 bridgehead atoms. The van der Waals surface area contributed by atoms with Crippen molar-refractivity contribution >= 4 is 0 Å². The third-order valence-corrected chi connectivity index (χ3v) is 6.82. The van der Waals surface area contributed by atoms with Gasteiger partial charge in [0.2, 0.25) is 0 Å². The van der Waals surface area contributed by atoms with E-state index in [1.807, 2.05) is 0 Å². The number of piperazine rings is 1. The summed E-state index contributed by atoms with van der Waals surface area (Å²) >= 11 is 0. The number of nitrogens with zero attached hydrogens (tertiary/aromatic N) is 1. The Bertz CT molecular complexity index is 320. The van der Waals surface area contributed by atoms with Gasteiger partial charge in [0.05, 0.1) is 0 Å². The number of hydrogen-bond donors (Lipinski definition) is 2. The third kappa shape index (κ3) is 2.42. The molecule has 0 amide bonds. The van der Waals surface area contributed by atoms with Crippen LogP contribution in [0.4, 0.5) is 0 Å². The molecule has 1 spiro atoms. The molecule has 1 heterocycles. The van der Waals surface area contributed by atoms with Crippen molar-refractivity contribution in [2.45, 2.75) is 75.9 Å². The first-order valence-corrected chi connectivity index (χ1v) is 9.07. The molecule has 3 saturated carbocycles. The van der Waals surface area contributed by atoms with Gasteiger partial charge in [-0.25, -0.2) is 0 Å². The summed E-state index contributed by atoms with van der Waals surface area (Å²) in [4.78, 5) is 2.74. The first-order valence-electron chi connectivity index (χ1n) is 9.07. The van der Waals surface area contributed by atoms with Crippen molar-refractivity contribution in [1.29, 1.82) is 0 Å². The van der Waals surface area contributed by atoms with Gasteiger partial charge in [-0.3, -0.25) is 4.90 Å². The zero-order valence-corrected chi connectivity index (χ0v) is 12.9. The van der Waals surface area contributed by atoms with Crippen molar-refractivity contribution in [3.05, 3.63) is 0 Å². The third-order valence-electron chi connectivity index (χ3n) is 6.82. The molecular formula is C17H31N3. The van der Waals surface area contributed by atoms with Crippen molar-refractivity contribution in [1.82, 2.24) is 15.5 Å². The van der Waals surface area contributed by atoms with Crippen LogP contribution >= 0.6 is 0 Å². The molecule has 4 rings (SSSR count). The topological polar surface area (TPSA) is 27.3 Å². The normalized spacial score (nSPS) is 41.1. The molecule has 3 aliphatic carbocycles. The van der Waals surface area contributed by atoms with E-state index in [1.165, 1.54) is 84.0 Å². The SMILES string of the molecule is C1CC2(C1)CCC2NC1CCC(N2CCNCC2)CC1. The second-order valence-corrected chi connectivity index (χ2v) is 7.77. The minimum Gasteiger partial charge on any atom is -0.314 e. The second-order valence-electron chi connectivity index (χ2n) is 7.77. The minimum absolute atomic E-state index is 0.773. The predicted octanol–water partition coefficient (Wildman–Crippen LogP) is 2.13. The molecule has 4 fully saturated rings. The zero-order chi connectivity index (χ0) is 13.4. The molecule has 2 N–H and O–H groups in total. The van der Waals surface area contributed by atoms with Crippen molar-refractivity contribution in [2.24, 2.45) is 5.41 Å². The van der Waals surface area contributed by atoms with Crippen LogP contribution in [-0.2, 0) is 0 Å². The summed E-state index contributed by atoms with van der Waals surface area (Å²) in [5.74, 6) is 0. The van der Waals surface area contributed by atoms with Crippen LogP contribution in [0, 0.1) is 5.41 Å². The lowest BCUT2D eigenvalue weighted by molar-refractivity contribution is -0.0264. The summed E-state index contributed by atoms with van der Waals surface area (Å²) in [6.07, 6.45) is 13.2. The van der Waals surface area contributed by atoms with Crippen molar-refractivity contribution in [2.75, 3.05) is 26.2 Å². The Morgan fingerprint density at radius 3 is 2.20 bits per heavy atom. The Labute approximate surface area is 123 Å². The van der Waals surface area contributed by atoms with Crippen LogP contribution in [0.5, 0.6) is 0 Å². The highest BCUT2D eigenvalue weighted by molar-refractivity contribution is 5.06. The van der Waals surface area contributed by atoms with Gasteiger partial charge >= 0.3 is 0 Å². The Kier molecular flexibility index (Phi) is 3.78. The van der Waals surface area contributed by atoms with Gasteiger partial charge in [-0.05, 0) is 56.8 Å². The average Bonchev–Trinajstić information content (AvgIpc) is 2.44. The lowest BCUT2D eigenvalue weighted by Gasteiger charge is -2.57. The molecule has 114 valence electrons. The van der Waals surface area contributed by atoms with E-state index in [-0.39, 0.29) is 0 Å². The molecule has 20 heavy (non-hydrogen) atoms. The van der Waals surface area contributed by atoms with E-state index in [1.54, 1.807) is 0 Å². The summed E-state index contributed by atoms with van der Waals surface area (Å²) < 4.78 is 0. The van der Waals surface area contributed by atoms with Crippen LogP contribution < -0.4 is 10.6 Å². The fourth-order valence-corrected chi connectivity index (χ4v) is 5.13. The maximum atomic E-state index is 4.04. The first-order chi connectivity index (χ1) is 9.86. The van der Waals surface area contributed by atoms with Crippen LogP contribution in [0.15, 0.2) is 0 Å². The Morgan fingerprint density at radius 1 is 0.900 bits per heavy atom. The molecule has 1 saturated heterocycles. The molecule has 0 aromatic carbocycles. The highest BCUT2D eigenvalue weighted by Crippen LogP contribution is 2.56. The van der Waals surface area contributed by atoms with E-state index in [4.69, 9.17) is 0 Å². The quantitative estimate of drug-likeness (QED) is 0.827. The Balaban J connectivity index is 1.23. The fourth-order valence-electron chi connectivity index (χ4n) is 5.13. The molecule has 1 aliphatic heterocycles. The summed E-state index contributed by atoms with van der Waals surface area (Å²) in [6.45, 7) is 4.94. The fraction of sp³-hybridized carbons (Fsp3) is 1.00. The molecule has 1 unspecified atom stereocenters. The molecule has 0 aromatic heterocycles. The Morgan fingerprint density at radius 2 is 1.65 bits per heavy atom. The van der Waals surface area contributed by atoms with Gasteiger partial charge in [-0.1, -0.05) is 6.42 Å². The van der Waals surface area contributed by atoms with E-state index in [2.05, 4.69) is 15.5 Å². The van der Waals surface area contributed by atoms with Crippen LogP contribution in [0.3, 0.4) is 0 Å². The van der Waals surface area contributed by atoms with Gasteiger partial charge in [0, 0.05) is 44.3 Å².